The van der Waals surface area contributed by atoms with Crippen LogP contribution in [0.3, 0.4) is 0 Å². The second-order valence-corrected chi connectivity index (χ2v) is 16.7. The van der Waals surface area contributed by atoms with Gasteiger partial charge in [0.2, 0.25) is 29.5 Å². The Morgan fingerprint density at radius 3 is 1.64 bits per heavy atom. The molecule has 6 atom stereocenters. The molecule has 19 nitrogen and oxygen atoms in total. The highest BCUT2D eigenvalue weighted by atomic mass is 125. The predicted octanol–water partition coefficient (Wildman–Crippen LogP) is -0.232. The molecule has 5 amide bonds. The molecule has 15 N–H and O–H groups in total. The first-order chi connectivity index (χ1) is 30.6. The summed E-state index contributed by atoms with van der Waals surface area (Å²) in [6.07, 6.45) is 1.86. The minimum atomic E-state index is -1.31. The van der Waals surface area contributed by atoms with Crippen molar-refractivity contribution in [2.75, 3.05) is 19.6 Å². The summed E-state index contributed by atoms with van der Waals surface area (Å²) < 4.78 is 0.964. The van der Waals surface area contributed by atoms with E-state index in [0.29, 0.717) is 36.0 Å². The number of aliphatic imine (C=N–C) groups is 2. The average molecular weight is 993 g/mol. The number of carboxylic acid groups (broad SMARTS) is 1. The number of rotatable bonds is 24. The number of nitrogens with zero attached hydrogens (tertiary/aromatic N) is 3. The van der Waals surface area contributed by atoms with Crippen molar-refractivity contribution in [2.45, 2.75) is 94.0 Å². The minimum absolute atomic E-state index is 0.00159. The van der Waals surface area contributed by atoms with E-state index in [9.17, 15) is 33.9 Å². The fraction of sp³-hybridized carbons (Fsp3) is 0.409. The molecule has 3 aromatic rings. The first kappa shape index (κ1) is 50.4. The van der Waals surface area contributed by atoms with E-state index in [1.807, 2.05) is 12.1 Å². The van der Waals surface area contributed by atoms with E-state index in [1.54, 1.807) is 72.8 Å². The molecule has 0 unspecified atom stereocenters. The van der Waals surface area contributed by atoms with Gasteiger partial charge in [0.1, 0.15) is 30.2 Å². The van der Waals surface area contributed by atoms with E-state index < -0.39 is 71.8 Å². The number of carbonyl (C=O) groups excluding carboxylic acids is 5. The van der Waals surface area contributed by atoms with Crippen molar-refractivity contribution in [3.63, 3.8) is 0 Å². The first-order valence-corrected chi connectivity index (χ1v) is 22.1. The highest BCUT2D eigenvalue weighted by Gasteiger charge is 2.39. The third kappa shape index (κ3) is 16.8. The Kier molecular flexibility index (Phi) is 20.2. The van der Waals surface area contributed by atoms with Crippen molar-refractivity contribution in [1.82, 2.24) is 26.2 Å². The summed E-state index contributed by atoms with van der Waals surface area (Å²) in [5, 5.41) is 21.1. The monoisotopic (exact) mass is 992 g/mol. The second-order valence-electron chi connectivity index (χ2n) is 15.5. The van der Waals surface area contributed by atoms with Crippen molar-refractivity contribution in [1.29, 1.82) is 0 Å². The Hall–Kier alpha value is -6.29. The third-order valence-electron chi connectivity index (χ3n) is 10.5. The molecule has 1 saturated heterocycles. The summed E-state index contributed by atoms with van der Waals surface area (Å²) in [4.78, 5) is 91.8. The molecule has 344 valence electrons. The molecule has 1 aliphatic rings. The molecule has 0 spiro atoms. The Morgan fingerprint density at radius 2 is 1.11 bits per heavy atom. The molecule has 0 aliphatic carbocycles. The molecule has 1 aliphatic heterocycles. The van der Waals surface area contributed by atoms with E-state index >= 15 is 0 Å². The van der Waals surface area contributed by atoms with Gasteiger partial charge in [0, 0.05) is 42.5 Å². The average Bonchev–Trinajstić information content (AvgIpc) is 3.77. The van der Waals surface area contributed by atoms with Crippen LogP contribution in [0.2, 0.25) is 0 Å². The summed E-state index contributed by atoms with van der Waals surface area (Å²) in [5.74, 6) is -4.61. The smallest absolute Gasteiger partial charge is 0.326 e. The Bertz CT molecular complexity index is 2080. The maximum absolute atomic E-state index is 14.4. The molecule has 20 heteroatoms. The predicted molar refractivity (Wildman–Crippen MR) is 251 cm³/mol. The molecule has 1 fully saturated rings. The van der Waals surface area contributed by atoms with Gasteiger partial charge in [-0.05, 0) is 89.9 Å². The fourth-order valence-corrected chi connectivity index (χ4v) is 7.54. The highest BCUT2D eigenvalue weighted by molar-refractivity contribution is 14.1. The number of nitrogens with one attached hydrogen (secondary N) is 4. The number of likely N-dealkylation sites (tertiary alicyclic amines) is 1. The van der Waals surface area contributed by atoms with E-state index in [0.717, 1.165) is 3.57 Å². The lowest BCUT2D eigenvalue weighted by atomic mass is 10.0. The number of carbonyl (C=O) groups is 6. The molecule has 3 aromatic carbocycles. The number of guanidine groups is 2. The molecule has 0 radical (unpaired) electrons. The maximum atomic E-state index is 14.4. The van der Waals surface area contributed by atoms with Crippen LogP contribution in [0.1, 0.15) is 55.2 Å². The minimum Gasteiger partial charge on any atom is -0.480 e. The van der Waals surface area contributed by atoms with E-state index in [4.69, 9.17) is 28.7 Å². The van der Waals surface area contributed by atoms with Crippen LogP contribution in [0.4, 0.5) is 0 Å². The van der Waals surface area contributed by atoms with Crippen LogP contribution in [0.25, 0.3) is 0 Å². The van der Waals surface area contributed by atoms with E-state index in [-0.39, 0.29) is 70.1 Å². The Balaban J connectivity index is 1.55. The molecule has 64 heavy (non-hydrogen) atoms. The highest BCUT2D eigenvalue weighted by Crippen LogP contribution is 2.21. The van der Waals surface area contributed by atoms with Crippen LogP contribution in [0.5, 0.6) is 0 Å². The van der Waals surface area contributed by atoms with Crippen LogP contribution >= 0.6 is 22.6 Å². The number of benzene rings is 3. The van der Waals surface area contributed by atoms with Gasteiger partial charge in [0.25, 0.3) is 0 Å². The molecule has 1 heterocycles. The topological polar surface area (TPSA) is 329 Å². The second kappa shape index (κ2) is 25.7. The van der Waals surface area contributed by atoms with Gasteiger partial charge >= 0.3 is 5.97 Å². The molecular weight excluding hydrogens is 933 g/mol. The quantitative estimate of drug-likeness (QED) is 0.0241. The molecule has 0 saturated carbocycles. The summed E-state index contributed by atoms with van der Waals surface area (Å²) in [6, 6.07) is 18.3. The van der Waals surface area contributed by atoms with Gasteiger partial charge < -0.3 is 59.9 Å². The molecule has 0 bridgehead atoms. The zero-order valence-electron chi connectivity index (χ0n) is 35.5. The number of hydrogen-bond donors (Lipinski definition) is 10. The van der Waals surface area contributed by atoms with Crippen LogP contribution in [0, 0.1) is 3.57 Å². The number of hydrogen-bond acceptors (Lipinski definition) is 9. The lowest BCUT2D eigenvalue weighted by Crippen LogP contribution is -2.59. The SMILES string of the molecule is NC(N)=NCCC[C@H](NC(=O)[C@@H](N)CCCN=C(N)N)C(=O)N1CCC[C@H]1C(=O)N[C@@H](Cc1ccccc1)C(=O)N[C@@H](Cc1ccccc1)C(=O)N[C@H](Cc1ccc([125I])cc1)C(=O)O. The van der Waals surface area contributed by atoms with Crippen LogP contribution < -0.4 is 49.9 Å². The van der Waals surface area contributed by atoms with Gasteiger partial charge in [0.15, 0.2) is 11.9 Å². The summed E-state index contributed by atoms with van der Waals surface area (Å²) >= 11 is 2.14. The Morgan fingerprint density at radius 1 is 0.641 bits per heavy atom. The maximum Gasteiger partial charge on any atom is 0.326 e. The fourth-order valence-electron chi connectivity index (χ4n) is 7.18. The third-order valence-corrected chi connectivity index (χ3v) is 11.2. The lowest BCUT2D eigenvalue weighted by Gasteiger charge is -2.30. The number of amides is 5. The summed E-state index contributed by atoms with van der Waals surface area (Å²) in [5.41, 5.74) is 30.0. The van der Waals surface area contributed by atoms with Crippen molar-refractivity contribution >= 4 is 70.0 Å². The zero-order chi connectivity index (χ0) is 46.6. The standard InChI is InChI=1S/C44H59IN12O7/c45-30-19-17-29(18-20-30)26-35(42(63)64)56-39(60)33(24-27-10-3-1-4-11-27)54-38(59)34(25-28-12-5-2-6-13-28)55-40(61)36-16-9-23-57(36)41(62)32(15-8-22-52-44(49)50)53-37(58)31(46)14-7-21-51-43(47)48/h1-6,10-13,17-20,31-36H,7-9,14-16,21-26,46H2,(H,53,58)(H,54,59)(H,55,61)(H,56,60)(H,63,64)(H4,47,48,51)(H4,49,50,52)/t31-,32-,33-,34-,35+,36-/m0/s1/i45-2. The molecular formula is C44H59IN12O7. The van der Waals surface area contributed by atoms with Gasteiger partial charge in [-0.2, -0.15) is 0 Å². The lowest BCUT2D eigenvalue weighted by molar-refractivity contribution is -0.143. The van der Waals surface area contributed by atoms with Gasteiger partial charge in [-0.15, -0.1) is 0 Å². The molecule has 4 rings (SSSR count). The van der Waals surface area contributed by atoms with Gasteiger partial charge in [-0.25, -0.2) is 4.79 Å². The van der Waals surface area contributed by atoms with E-state index in [1.165, 1.54) is 4.90 Å². The first-order valence-electron chi connectivity index (χ1n) is 21.0. The van der Waals surface area contributed by atoms with E-state index in [2.05, 4.69) is 53.8 Å². The summed E-state index contributed by atoms with van der Waals surface area (Å²) in [7, 11) is 0. The van der Waals surface area contributed by atoms with Gasteiger partial charge in [0.05, 0.1) is 6.04 Å². The van der Waals surface area contributed by atoms with Crippen LogP contribution in [0.15, 0.2) is 94.9 Å². The molecule has 0 aromatic heterocycles. The van der Waals surface area contributed by atoms with Crippen LogP contribution in [-0.2, 0) is 48.0 Å². The number of aliphatic carboxylic acids is 1. The van der Waals surface area contributed by atoms with Crippen LogP contribution in [-0.4, -0.2) is 113 Å². The van der Waals surface area contributed by atoms with Crippen molar-refractivity contribution in [2.24, 2.45) is 38.7 Å². The number of halogens is 1. The van der Waals surface area contributed by atoms with Crippen molar-refractivity contribution < 1.29 is 33.9 Å². The normalized spacial score (nSPS) is 15.6. The number of carboxylic acids is 1. The van der Waals surface area contributed by atoms with Gasteiger partial charge in [-0.3, -0.25) is 34.0 Å². The van der Waals surface area contributed by atoms with Crippen molar-refractivity contribution in [3.05, 3.63) is 105 Å². The largest absolute Gasteiger partial charge is 0.480 e. The zero-order valence-corrected chi connectivity index (χ0v) is 37.7. The Labute approximate surface area is 386 Å². The summed E-state index contributed by atoms with van der Waals surface area (Å²) in [6.45, 7) is 0.640. The number of nitrogens with two attached hydrogens (primary N) is 5. The van der Waals surface area contributed by atoms with Gasteiger partial charge in [-0.1, -0.05) is 72.8 Å². The van der Waals surface area contributed by atoms with Crippen molar-refractivity contribution in [3.8, 4) is 0 Å².